The molecular weight excluding hydrogens is 340 g/mol. The molecule has 4 nitrogen and oxygen atoms in total. The average Bonchev–Trinajstić information content (AvgIpc) is 2.70. The molecule has 1 unspecified atom stereocenters. The molecule has 0 amide bonds. The standard InChI is InChI=1S/C23H32O4/c24-22(26-17-16-18-10-4-1-5-11-18)21(19-12-6-2-7-13-19)23(25)27-20-14-8-3-9-15-20/h1,4-5,10-11,19-21H,2-3,6-9,12-17H2. The predicted molar refractivity (Wildman–Crippen MR) is 104 cm³/mol. The molecule has 4 heteroatoms. The first-order valence-corrected chi connectivity index (χ1v) is 10.6. The fourth-order valence-corrected chi connectivity index (χ4v) is 4.37. The van der Waals surface area contributed by atoms with Crippen LogP contribution in [0.15, 0.2) is 30.3 Å². The fraction of sp³-hybridized carbons (Fsp3) is 0.652. The monoisotopic (exact) mass is 372 g/mol. The van der Waals surface area contributed by atoms with Gasteiger partial charge in [-0.25, -0.2) is 0 Å². The van der Waals surface area contributed by atoms with Gasteiger partial charge in [0, 0.05) is 6.42 Å². The third kappa shape index (κ3) is 6.08. The largest absolute Gasteiger partial charge is 0.465 e. The Labute approximate surface area is 162 Å². The molecule has 0 bridgehead atoms. The van der Waals surface area contributed by atoms with E-state index in [0.717, 1.165) is 56.9 Å². The first-order valence-electron chi connectivity index (χ1n) is 10.6. The van der Waals surface area contributed by atoms with Crippen LogP contribution < -0.4 is 0 Å². The number of hydrogen-bond acceptors (Lipinski definition) is 4. The summed E-state index contributed by atoms with van der Waals surface area (Å²) < 4.78 is 11.3. The molecule has 1 aromatic carbocycles. The Kier molecular flexibility index (Phi) is 7.73. The number of benzene rings is 1. The van der Waals surface area contributed by atoms with Crippen molar-refractivity contribution in [3.05, 3.63) is 35.9 Å². The molecule has 2 aliphatic rings. The van der Waals surface area contributed by atoms with Crippen molar-refractivity contribution in [2.75, 3.05) is 6.61 Å². The van der Waals surface area contributed by atoms with Crippen molar-refractivity contribution in [2.24, 2.45) is 11.8 Å². The molecule has 3 rings (SSSR count). The van der Waals surface area contributed by atoms with Crippen LogP contribution in [-0.4, -0.2) is 24.6 Å². The summed E-state index contributed by atoms with van der Waals surface area (Å²) in [5.41, 5.74) is 1.13. The van der Waals surface area contributed by atoms with Gasteiger partial charge in [-0.3, -0.25) is 9.59 Å². The highest BCUT2D eigenvalue weighted by Gasteiger charge is 2.39. The van der Waals surface area contributed by atoms with Crippen LogP contribution in [0, 0.1) is 11.8 Å². The summed E-state index contributed by atoms with van der Waals surface area (Å²) in [4.78, 5) is 25.7. The Balaban J connectivity index is 1.57. The van der Waals surface area contributed by atoms with Crippen molar-refractivity contribution in [1.82, 2.24) is 0 Å². The molecule has 0 N–H and O–H groups in total. The van der Waals surface area contributed by atoms with Crippen LogP contribution in [0.25, 0.3) is 0 Å². The molecule has 2 fully saturated rings. The molecule has 0 heterocycles. The van der Waals surface area contributed by atoms with Crippen molar-refractivity contribution in [1.29, 1.82) is 0 Å². The lowest BCUT2D eigenvalue weighted by Gasteiger charge is -2.30. The number of rotatable bonds is 7. The average molecular weight is 373 g/mol. The van der Waals surface area contributed by atoms with E-state index < -0.39 is 11.9 Å². The lowest BCUT2D eigenvalue weighted by Crippen LogP contribution is -2.37. The van der Waals surface area contributed by atoms with Gasteiger partial charge >= 0.3 is 11.9 Å². The van der Waals surface area contributed by atoms with E-state index >= 15 is 0 Å². The van der Waals surface area contributed by atoms with Gasteiger partial charge in [0.25, 0.3) is 0 Å². The normalized spacial score (nSPS) is 20.0. The zero-order valence-corrected chi connectivity index (χ0v) is 16.2. The lowest BCUT2D eigenvalue weighted by molar-refractivity contribution is -0.169. The van der Waals surface area contributed by atoms with Gasteiger partial charge in [0.1, 0.15) is 6.10 Å². The first kappa shape index (κ1) is 19.9. The molecule has 0 aliphatic heterocycles. The van der Waals surface area contributed by atoms with E-state index in [1.807, 2.05) is 30.3 Å². The Morgan fingerprint density at radius 3 is 2.15 bits per heavy atom. The molecule has 1 atom stereocenters. The molecular formula is C23H32O4. The Morgan fingerprint density at radius 2 is 1.48 bits per heavy atom. The number of esters is 2. The minimum Gasteiger partial charge on any atom is -0.465 e. The van der Waals surface area contributed by atoms with Crippen LogP contribution in [0.4, 0.5) is 0 Å². The molecule has 27 heavy (non-hydrogen) atoms. The molecule has 2 aliphatic carbocycles. The maximum absolute atomic E-state index is 12.9. The van der Waals surface area contributed by atoms with Gasteiger partial charge < -0.3 is 9.47 Å². The first-order chi connectivity index (χ1) is 13.2. The van der Waals surface area contributed by atoms with Crippen LogP contribution in [0.2, 0.25) is 0 Å². The molecule has 0 aromatic heterocycles. The summed E-state index contributed by atoms with van der Waals surface area (Å²) in [6.45, 7) is 0.308. The van der Waals surface area contributed by atoms with E-state index in [1.54, 1.807) is 0 Å². The summed E-state index contributed by atoms with van der Waals surface area (Å²) in [6, 6.07) is 9.95. The highest BCUT2D eigenvalue weighted by molar-refractivity contribution is 5.95. The van der Waals surface area contributed by atoms with Gasteiger partial charge in [-0.2, -0.15) is 0 Å². The SMILES string of the molecule is O=C(OCCc1ccccc1)C(C(=O)OC1CCCCC1)C1CCCCC1. The van der Waals surface area contributed by atoms with Gasteiger partial charge in [-0.1, -0.05) is 56.0 Å². The summed E-state index contributed by atoms with van der Waals surface area (Å²) in [5.74, 6) is -1.42. The number of carbonyl (C=O) groups is 2. The third-order valence-electron chi connectivity index (χ3n) is 5.94. The van der Waals surface area contributed by atoms with Gasteiger partial charge in [-0.05, 0) is 50.0 Å². The van der Waals surface area contributed by atoms with Crippen LogP contribution in [0.1, 0.15) is 69.8 Å². The predicted octanol–water partition coefficient (Wildman–Crippen LogP) is 4.84. The quantitative estimate of drug-likeness (QED) is 0.507. The van der Waals surface area contributed by atoms with E-state index in [-0.39, 0.29) is 18.0 Å². The van der Waals surface area contributed by atoms with E-state index in [0.29, 0.717) is 13.0 Å². The third-order valence-corrected chi connectivity index (χ3v) is 5.94. The highest BCUT2D eigenvalue weighted by atomic mass is 16.6. The van der Waals surface area contributed by atoms with Crippen molar-refractivity contribution in [2.45, 2.75) is 76.7 Å². The zero-order chi connectivity index (χ0) is 18.9. The van der Waals surface area contributed by atoms with Crippen molar-refractivity contribution in [3.8, 4) is 0 Å². The smallest absolute Gasteiger partial charge is 0.320 e. The van der Waals surface area contributed by atoms with Gasteiger partial charge in [0.05, 0.1) is 6.61 Å². The molecule has 148 valence electrons. The van der Waals surface area contributed by atoms with Gasteiger partial charge in [-0.15, -0.1) is 0 Å². The van der Waals surface area contributed by atoms with Crippen molar-refractivity contribution >= 4 is 11.9 Å². The fourth-order valence-electron chi connectivity index (χ4n) is 4.37. The van der Waals surface area contributed by atoms with Crippen LogP contribution in [0.3, 0.4) is 0 Å². The summed E-state index contributed by atoms with van der Waals surface area (Å²) >= 11 is 0. The Bertz CT molecular complexity index is 586. The summed E-state index contributed by atoms with van der Waals surface area (Å²) in [6.07, 6.45) is 11.1. The van der Waals surface area contributed by atoms with Crippen LogP contribution in [-0.2, 0) is 25.5 Å². The molecule has 0 radical (unpaired) electrons. The van der Waals surface area contributed by atoms with E-state index in [2.05, 4.69) is 0 Å². The minimum absolute atomic E-state index is 0.0190. The second-order valence-electron chi connectivity index (χ2n) is 7.98. The van der Waals surface area contributed by atoms with Crippen LogP contribution >= 0.6 is 0 Å². The van der Waals surface area contributed by atoms with E-state index in [9.17, 15) is 9.59 Å². The topological polar surface area (TPSA) is 52.6 Å². The molecule has 2 saturated carbocycles. The van der Waals surface area contributed by atoms with Crippen molar-refractivity contribution in [3.63, 3.8) is 0 Å². The minimum atomic E-state index is -0.747. The number of hydrogen-bond donors (Lipinski definition) is 0. The molecule has 1 aromatic rings. The lowest BCUT2D eigenvalue weighted by atomic mass is 9.80. The molecule has 0 spiro atoms. The van der Waals surface area contributed by atoms with Gasteiger partial charge in [0.15, 0.2) is 5.92 Å². The van der Waals surface area contributed by atoms with Gasteiger partial charge in [0.2, 0.25) is 0 Å². The highest BCUT2D eigenvalue weighted by Crippen LogP contribution is 2.33. The molecule has 0 saturated heterocycles. The second kappa shape index (κ2) is 10.5. The van der Waals surface area contributed by atoms with E-state index in [4.69, 9.17) is 9.47 Å². The van der Waals surface area contributed by atoms with Crippen LogP contribution in [0.5, 0.6) is 0 Å². The van der Waals surface area contributed by atoms with Crippen molar-refractivity contribution < 1.29 is 19.1 Å². The Hall–Kier alpha value is -1.84. The zero-order valence-electron chi connectivity index (χ0n) is 16.2. The summed E-state index contributed by atoms with van der Waals surface area (Å²) in [5, 5.41) is 0. The maximum Gasteiger partial charge on any atom is 0.320 e. The van der Waals surface area contributed by atoms with E-state index in [1.165, 1.54) is 12.8 Å². The second-order valence-corrected chi connectivity index (χ2v) is 7.98. The maximum atomic E-state index is 12.9. The number of ether oxygens (including phenoxy) is 2. The summed E-state index contributed by atoms with van der Waals surface area (Å²) in [7, 11) is 0. The Morgan fingerprint density at radius 1 is 0.852 bits per heavy atom. The number of carbonyl (C=O) groups excluding carboxylic acids is 2.